The van der Waals surface area contributed by atoms with Gasteiger partial charge in [-0.15, -0.1) is 5.10 Å². The van der Waals surface area contributed by atoms with E-state index < -0.39 is 22.8 Å². The second kappa shape index (κ2) is 6.49. The number of carboxylic acids is 1. The third-order valence-corrected chi connectivity index (χ3v) is 5.20. The number of rotatable bonds is 6. The number of aliphatic carboxylic acids is 1. The maximum atomic E-state index is 12.6. The molecule has 0 saturated heterocycles. The maximum Gasteiger partial charge on any atom is 0.330 e. The molecule has 1 aliphatic rings. The Morgan fingerprint density at radius 3 is 2.54 bits per heavy atom. The first-order valence-corrected chi connectivity index (χ1v) is 8.33. The van der Waals surface area contributed by atoms with Crippen LogP contribution in [0, 0.1) is 5.41 Å². The summed E-state index contributed by atoms with van der Waals surface area (Å²) in [5.41, 5.74) is -1.03. The van der Waals surface area contributed by atoms with Crippen LogP contribution in [0.4, 0.5) is 0 Å². The van der Waals surface area contributed by atoms with Gasteiger partial charge in [0.15, 0.2) is 0 Å². The molecule has 1 saturated carbocycles. The number of amides is 1. The number of nitrogens with one attached hydrogen (secondary N) is 1. The lowest BCUT2D eigenvalue weighted by Gasteiger charge is -2.58. The van der Waals surface area contributed by atoms with Crippen molar-refractivity contribution in [1.29, 1.82) is 0 Å². The molecule has 2 aromatic rings. The number of hydrogen-bond donors (Lipinski definition) is 2. The second-order valence-corrected chi connectivity index (χ2v) is 6.84. The maximum absolute atomic E-state index is 12.6. The molecule has 26 heavy (non-hydrogen) atoms. The van der Waals surface area contributed by atoms with Crippen molar-refractivity contribution in [3.63, 3.8) is 0 Å². The average molecular weight is 359 g/mol. The summed E-state index contributed by atoms with van der Waals surface area (Å²) in [6, 6.07) is 6.59. The Balaban J connectivity index is 1.78. The van der Waals surface area contributed by atoms with Crippen LogP contribution in [0.25, 0.3) is 5.69 Å². The van der Waals surface area contributed by atoms with E-state index in [1.165, 1.54) is 11.0 Å². The standard InChI is InChI=1S/C17H21N5O4/c1-4-26-13-9-17(15(24)25,16(13,2)3)19-14(23)11-5-7-12(8-6-11)22-10-18-20-21-22/h5-8,10,13H,4,9H2,1-3H3,(H,19,23)(H,24,25). The van der Waals surface area contributed by atoms with Crippen molar-refractivity contribution in [2.75, 3.05) is 6.61 Å². The van der Waals surface area contributed by atoms with Crippen molar-refractivity contribution in [2.45, 2.75) is 38.8 Å². The third kappa shape index (κ3) is 2.74. The topological polar surface area (TPSA) is 119 Å². The van der Waals surface area contributed by atoms with E-state index in [9.17, 15) is 14.7 Å². The van der Waals surface area contributed by atoms with Gasteiger partial charge in [-0.25, -0.2) is 9.48 Å². The number of nitrogens with zero attached hydrogens (tertiary/aromatic N) is 4. The number of carbonyl (C=O) groups excluding carboxylic acids is 1. The number of benzene rings is 1. The van der Waals surface area contributed by atoms with Crippen LogP contribution in [0.5, 0.6) is 0 Å². The molecule has 0 aliphatic heterocycles. The summed E-state index contributed by atoms with van der Waals surface area (Å²) in [4.78, 5) is 24.6. The number of hydrogen-bond acceptors (Lipinski definition) is 6. The molecule has 3 rings (SSSR count). The minimum absolute atomic E-state index is 0.217. The fraction of sp³-hybridized carbons (Fsp3) is 0.471. The van der Waals surface area contributed by atoms with Gasteiger partial charge < -0.3 is 15.2 Å². The Kier molecular flexibility index (Phi) is 4.49. The van der Waals surface area contributed by atoms with E-state index >= 15 is 0 Å². The molecule has 1 aliphatic carbocycles. The lowest BCUT2D eigenvalue weighted by molar-refractivity contribution is -0.190. The Morgan fingerprint density at radius 1 is 1.35 bits per heavy atom. The summed E-state index contributed by atoms with van der Waals surface area (Å²) >= 11 is 0. The zero-order valence-corrected chi connectivity index (χ0v) is 14.8. The molecule has 9 nitrogen and oxygen atoms in total. The van der Waals surface area contributed by atoms with Gasteiger partial charge in [-0.2, -0.15) is 0 Å². The van der Waals surface area contributed by atoms with E-state index in [0.29, 0.717) is 17.9 Å². The van der Waals surface area contributed by atoms with Gasteiger partial charge in [-0.05, 0) is 41.6 Å². The highest BCUT2D eigenvalue weighted by molar-refractivity contribution is 5.98. The van der Waals surface area contributed by atoms with E-state index in [1.807, 2.05) is 6.92 Å². The van der Waals surface area contributed by atoms with Crippen LogP contribution in [0.15, 0.2) is 30.6 Å². The molecular weight excluding hydrogens is 338 g/mol. The zero-order chi connectivity index (χ0) is 18.9. The highest BCUT2D eigenvalue weighted by Crippen LogP contribution is 2.51. The van der Waals surface area contributed by atoms with Crippen LogP contribution in [-0.4, -0.2) is 55.4 Å². The first kappa shape index (κ1) is 18.0. The molecule has 2 unspecified atom stereocenters. The fourth-order valence-electron chi connectivity index (χ4n) is 3.35. The third-order valence-electron chi connectivity index (χ3n) is 5.20. The lowest BCUT2D eigenvalue weighted by Crippen LogP contribution is -2.76. The zero-order valence-electron chi connectivity index (χ0n) is 14.8. The second-order valence-electron chi connectivity index (χ2n) is 6.84. The number of ether oxygens (including phenoxy) is 1. The molecule has 0 bridgehead atoms. The quantitative estimate of drug-likeness (QED) is 0.791. The van der Waals surface area contributed by atoms with Crippen LogP contribution in [-0.2, 0) is 9.53 Å². The first-order valence-electron chi connectivity index (χ1n) is 8.33. The molecule has 138 valence electrons. The Labute approximate surface area is 150 Å². The van der Waals surface area contributed by atoms with E-state index in [1.54, 1.807) is 38.1 Å². The van der Waals surface area contributed by atoms with Crippen LogP contribution >= 0.6 is 0 Å². The molecule has 9 heteroatoms. The van der Waals surface area contributed by atoms with E-state index in [2.05, 4.69) is 20.8 Å². The SMILES string of the molecule is CCOC1CC(NC(=O)c2ccc(-n3cnnn3)cc2)(C(=O)O)C1(C)C. The van der Waals surface area contributed by atoms with Crippen molar-refractivity contribution < 1.29 is 19.4 Å². The molecule has 2 atom stereocenters. The predicted octanol–water partition coefficient (Wildman–Crippen LogP) is 1.05. The largest absolute Gasteiger partial charge is 0.479 e. The van der Waals surface area contributed by atoms with Crippen LogP contribution in [0.1, 0.15) is 37.6 Å². The van der Waals surface area contributed by atoms with Crippen LogP contribution < -0.4 is 5.32 Å². The normalized spacial score (nSPS) is 23.9. The highest BCUT2D eigenvalue weighted by Gasteiger charge is 2.66. The molecule has 0 radical (unpaired) electrons. The lowest BCUT2D eigenvalue weighted by atomic mass is 9.54. The number of tetrazole rings is 1. The van der Waals surface area contributed by atoms with Crippen molar-refractivity contribution in [3.8, 4) is 5.69 Å². The van der Waals surface area contributed by atoms with Gasteiger partial charge in [0.1, 0.15) is 11.9 Å². The monoisotopic (exact) mass is 359 g/mol. The summed E-state index contributed by atoms with van der Waals surface area (Å²) in [6.07, 6.45) is 1.46. The molecular formula is C17H21N5O4. The summed E-state index contributed by atoms with van der Waals surface area (Å²) in [5.74, 6) is -1.50. The number of carbonyl (C=O) groups is 2. The fourth-order valence-corrected chi connectivity index (χ4v) is 3.35. The van der Waals surface area contributed by atoms with Crippen molar-refractivity contribution in [3.05, 3.63) is 36.2 Å². The minimum Gasteiger partial charge on any atom is -0.479 e. The Bertz CT molecular complexity index is 803. The molecule has 1 aromatic heterocycles. The van der Waals surface area contributed by atoms with E-state index in [-0.39, 0.29) is 12.5 Å². The number of carboxylic acid groups (broad SMARTS) is 1. The smallest absolute Gasteiger partial charge is 0.330 e. The number of aromatic nitrogens is 4. The van der Waals surface area contributed by atoms with Crippen LogP contribution in [0.2, 0.25) is 0 Å². The van der Waals surface area contributed by atoms with Crippen molar-refractivity contribution in [2.24, 2.45) is 5.41 Å². The molecule has 2 N–H and O–H groups in total. The summed E-state index contributed by atoms with van der Waals surface area (Å²) in [7, 11) is 0. The van der Waals surface area contributed by atoms with E-state index in [4.69, 9.17) is 4.74 Å². The van der Waals surface area contributed by atoms with Gasteiger partial charge >= 0.3 is 5.97 Å². The summed E-state index contributed by atoms with van der Waals surface area (Å²) in [6.45, 7) is 5.95. The average Bonchev–Trinajstić information content (AvgIpc) is 3.15. The van der Waals surface area contributed by atoms with Gasteiger partial charge in [0.2, 0.25) is 0 Å². The molecule has 1 amide bonds. The highest BCUT2D eigenvalue weighted by atomic mass is 16.5. The Morgan fingerprint density at radius 2 is 2.04 bits per heavy atom. The minimum atomic E-state index is -1.36. The van der Waals surface area contributed by atoms with E-state index in [0.717, 1.165) is 0 Å². The Hall–Kier alpha value is -2.81. The van der Waals surface area contributed by atoms with Gasteiger partial charge in [0.05, 0.1) is 11.8 Å². The van der Waals surface area contributed by atoms with Crippen LogP contribution in [0.3, 0.4) is 0 Å². The first-order chi connectivity index (χ1) is 12.3. The van der Waals surface area contributed by atoms with Gasteiger partial charge in [0, 0.05) is 24.0 Å². The van der Waals surface area contributed by atoms with Gasteiger partial charge in [-0.3, -0.25) is 4.79 Å². The predicted molar refractivity (Wildman–Crippen MR) is 90.8 cm³/mol. The molecule has 1 aromatic carbocycles. The van der Waals surface area contributed by atoms with Gasteiger partial charge in [0.25, 0.3) is 5.91 Å². The summed E-state index contributed by atoms with van der Waals surface area (Å²) < 4.78 is 7.07. The summed E-state index contributed by atoms with van der Waals surface area (Å²) in [5, 5.41) is 23.4. The van der Waals surface area contributed by atoms with Crippen molar-refractivity contribution >= 4 is 11.9 Å². The molecule has 0 spiro atoms. The molecule has 1 heterocycles. The molecule has 1 fully saturated rings. The van der Waals surface area contributed by atoms with Crippen molar-refractivity contribution in [1.82, 2.24) is 25.5 Å². The van der Waals surface area contributed by atoms with Gasteiger partial charge in [-0.1, -0.05) is 13.8 Å².